The van der Waals surface area contributed by atoms with E-state index in [0.717, 1.165) is 24.5 Å². The van der Waals surface area contributed by atoms with E-state index in [2.05, 4.69) is 50.0 Å². The topological polar surface area (TPSA) is 15.3 Å². The Morgan fingerprint density at radius 2 is 1.95 bits per heavy atom. The predicted molar refractivity (Wildman–Crippen MR) is 87.5 cm³/mol. The SMILES string of the molecule is CC(C)N(CCNC1CCc2cc(Cl)ccc21)C(C)C. The van der Waals surface area contributed by atoms with E-state index in [0.29, 0.717) is 18.1 Å². The van der Waals surface area contributed by atoms with Crippen LogP contribution in [0.1, 0.15) is 51.3 Å². The predicted octanol–water partition coefficient (Wildman–Crippen LogP) is 4.04. The van der Waals surface area contributed by atoms with Crippen molar-refractivity contribution in [3.8, 4) is 0 Å². The van der Waals surface area contributed by atoms with Crippen LogP contribution in [-0.4, -0.2) is 30.1 Å². The van der Waals surface area contributed by atoms with Crippen LogP contribution in [-0.2, 0) is 6.42 Å². The minimum Gasteiger partial charge on any atom is -0.309 e. The molecule has 20 heavy (non-hydrogen) atoms. The average Bonchev–Trinajstić information content (AvgIpc) is 2.76. The molecule has 2 rings (SSSR count). The van der Waals surface area contributed by atoms with Crippen molar-refractivity contribution in [1.29, 1.82) is 0 Å². The number of aryl methyl sites for hydroxylation is 1. The summed E-state index contributed by atoms with van der Waals surface area (Å²) in [6.07, 6.45) is 2.34. The van der Waals surface area contributed by atoms with E-state index in [-0.39, 0.29) is 0 Å². The standard InChI is InChI=1S/C17H27ClN2/c1-12(2)20(13(3)4)10-9-19-17-8-5-14-11-15(18)6-7-16(14)17/h6-7,11-13,17,19H,5,8-10H2,1-4H3. The Morgan fingerprint density at radius 3 is 2.60 bits per heavy atom. The molecular formula is C17H27ClN2. The van der Waals surface area contributed by atoms with Crippen LogP contribution in [0.5, 0.6) is 0 Å². The highest BCUT2D eigenvalue weighted by Gasteiger charge is 2.22. The highest BCUT2D eigenvalue weighted by atomic mass is 35.5. The maximum absolute atomic E-state index is 6.06. The van der Waals surface area contributed by atoms with E-state index in [9.17, 15) is 0 Å². The molecule has 0 spiro atoms. The molecule has 1 aromatic rings. The number of hydrogen-bond acceptors (Lipinski definition) is 2. The number of rotatable bonds is 6. The zero-order valence-electron chi connectivity index (χ0n) is 13.1. The Labute approximate surface area is 128 Å². The average molecular weight is 295 g/mol. The van der Waals surface area contributed by atoms with Crippen LogP contribution in [0.3, 0.4) is 0 Å². The van der Waals surface area contributed by atoms with Gasteiger partial charge >= 0.3 is 0 Å². The van der Waals surface area contributed by atoms with Gasteiger partial charge in [0, 0.05) is 36.2 Å². The summed E-state index contributed by atoms with van der Waals surface area (Å²) >= 11 is 6.06. The van der Waals surface area contributed by atoms with Crippen LogP contribution in [0.25, 0.3) is 0 Å². The molecule has 112 valence electrons. The van der Waals surface area contributed by atoms with Gasteiger partial charge in [0.1, 0.15) is 0 Å². The number of hydrogen-bond donors (Lipinski definition) is 1. The third-order valence-electron chi connectivity index (χ3n) is 4.27. The van der Waals surface area contributed by atoms with Crippen molar-refractivity contribution in [3.05, 3.63) is 34.3 Å². The summed E-state index contributed by atoms with van der Waals surface area (Å²) in [7, 11) is 0. The van der Waals surface area contributed by atoms with Crippen molar-refractivity contribution < 1.29 is 0 Å². The van der Waals surface area contributed by atoms with Crippen LogP contribution in [0.2, 0.25) is 5.02 Å². The van der Waals surface area contributed by atoms with E-state index in [1.54, 1.807) is 0 Å². The smallest absolute Gasteiger partial charge is 0.0408 e. The summed E-state index contributed by atoms with van der Waals surface area (Å²) in [5, 5.41) is 4.57. The first-order valence-electron chi connectivity index (χ1n) is 7.76. The number of benzene rings is 1. The molecule has 0 amide bonds. The number of nitrogens with zero attached hydrogens (tertiary/aromatic N) is 1. The Morgan fingerprint density at radius 1 is 1.25 bits per heavy atom. The van der Waals surface area contributed by atoms with Gasteiger partial charge in [0.15, 0.2) is 0 Å². The van der Waals surface area contributed by atoms with Crippen molar-refractivity contribution in [3.63, 3.8) is 0 Å². The van der Waals surface area contributed by atoms with Crippen LogP contribution in [0.4, 0.5) is 0 Å². The number of fused-ring (bicyclic) bond motifs is 1. The maximum Gasteiger partial charge on any atom is 0.0408 e. The fourth-order valence-corrected chi connectivity index (χ4v) is 3.47. The molecule has 0 bridgehead atoms. The Hall–Kier alpha value is -0.570. The molecule has 0 radical (unpaired) electrons. The van der Waals surface area contributed by atoms with Gasteiger partial charge in [-0.15, -0.1) is 0 Å². The molecule has 1 unspecified atom stereocenters. The first-order valence-corrected chi connectivity index (χ1v) is 8.14. The Bertz CT molecular complexity index is 435. The Kier molecular flexibility index (Phi) is 5.48. The third-order valence-corrected chi connectivity index (χ3v) is 4.51. The van der Waals surface area contributed by atoms with Crippen LogP contribution in [0.15, 0.2) is 18.2 Å². The maximum atomic E-state index is 6.06. The Balaban J connectivity index is 1.88. The molecule has 2 nitrogen and oxygen atoms in total. The van der Waals surface area contributed by atoms with Gasteiger partial charge < -0.3 is 5.32 Å². The molecule has 1 aromatic carbocycles. The highest BCUT2D eigenvalue weighted by Crippen LogP contribution is 2.32. The van der Waals surface area contributed by atoms with Gasteiger partial charge in [-0.25, -0.2) is 0 Å². The molecule has 1 atom stereocenters. The van der Waals surface area contributed by atoms with Crippen molar-refractivity contribution in [2.45, 2.75) is 58.7 Å². The second-order valence-electron chi connectivity index (χ2n) is 6.31. The molecule has 0 heterocycles. The first kappa shape index (κ1) is 15.8. The number of halogens is 1. The molecule has 3 heteroatoms. The normalized spacial score (nSPS) is 18.3. The summed E-state index contributed by atoms with van der Waals surface area (Å²) in [6, 6.07) is 8.02. The van der Waals surface area contributed by atoms with Gasteiger partial charge in [0.2, 0.25) is 0 Å². The van der Waals surface area contributed by atoms with E-state index in [4.69, 9.17) is 11.6 Å². The fourth-order valence-electron chi connectivity index (χ4n) is 3.28. The zero-order valence-corrected chi connectivity index (χ0v) is 13.9. The summed E-state index contributed by atoms with van der Waals surface area (Å²) in [5.41, 5.74) is 2.86. The monoisotopic (exact) mass is 294 g/mol. The van der Waals surface area contributed by atoms with Crippen molar-refractivity contribution in [2.24, 2.45) is 0 Å². The summed E-state index contributed by atoms with van der Waals surface area (Å²) in [5.74, 6) is 0. The lowest BCUT2D eigenvalue weighted by Crippen LogP contribution is -2.41. The van der Waals surface area contributed by atoms with Crippen LogP contribution >= 0.6 is 11.6 Å². The summed E-state index contributed by atoms with van der Waals surface area (Å²) in [6.45, 7) is 11.2. The first-order chi connectivity index (χ1) is 9.49. The van der Waals surface area contributed by atoms with Crippen molar-refractivity contribution in [2.75, 3.05) is 13.1 Å². The lowest BCUT2D eigenvalue weighted by molar-refractivity contribution is 0.174. The van der Waals surface area contributed by atoms with Gasteiger partial charge in [-0.2, -0.15) is 0 Å². The number of nitrogens with one attached hydrogen (secondary N) is 1. The van der Waals surface area contributed by atoms with Crippen molar-refractivity contribution in [1.82, 2.24) is 10.2 Å². The zero-order chi connectivity index (χ0) is 14.7. The van der Waals surface area contributed by atoms with E-state index < -0.39 is 0 Å². The molecule has 0 aliphatic heterocycles. The van der Waals surface area contributed by atoms with Gasteiger partial charge in [-0.1, -0.05) is 17.7 Å². The summed E-state index contributed by atoms with van der Waals surface area (Å²) < 4.78 is 0. The van der Waals surface area contributed by atoms with E-state index in [1.807, 2.05) is 6.07 Å². The molecule has 0 fully saturated rings. The van der Waals surface area contributed by atoms with Gasteiger partial charge in [0.05, 0.1) is 0 Å². The molecule has 0 saturated heterocycles. The van der Waals surface area contributed by atoms with Crippen LogP contribution in [0, 0.1) is 0 Å². The third kappa shape index (κ3) is 3.75. The van der Waals surface area contributed by atoms with E-state index in [1.165, 1.54) is 17.5 Å². The molecule has 0 aromatic heterocycles. The minimum atomic E-state index is 0.503. The van der Waals surface area contributed by atoms with E-state index >= 15 is 0 Å². The summed E-state index contributed by atoms with van der Waals surface area (Å²) in [4.78, 5) is 2.53. The largest absolute Gasteiger partial charge is 0.309 e. The van der Waals surface area contributed by atoms with Gasteiger partial charge in [-0.05, 0) is 63.8 Å². The fraction of sp³-hybridized carbons (Fsp3) is 0.647. The second-order valence-corrected chi connectivity index (χ2v) is 6.75. The molecule has 1 aliphatic rings. The second kappa shape index (κ2) is 6.93. The van der Waals surface area contributed by atoms with Crippen LogP contribution < -0.4 is 5.32 Å². The molecule has 1 aliphatic carbocycles. The van der Waals surface area contributed by atoms with Crippen molar-refractivity contribution >= 4 is 11.6 Å². The lowest BCUT2D eigenvalue weighted by Gasteiger charge is -2.31. The molecule has 0 saturated carbocycles. The minimum absolute atomic E-state index is 0.503. The highest BCUT2D eigenvalue weighted by molar-refractivity contribution is 6.30. The van der Waals surface area contributed by atoms with Gasteiger partial charge in [0.25, 0.3) is 0 Å². The lowest BCUT2D eigenvalue weighted by atomic mass is 10.1. The molecule has 1 N–H and O–H groups in total. The molecular weight excluding hydrogens is 268 g/mol. The van der Waals surface area contributed by atoms with Gasteiger partial charge in [-0.3, -0.25) is 4.90 Å². The quantitative estimate of drug-likeness (QED) is 0.852.